The van der Waals surface area contributed by atoms with Crippen LogP contribution in [0.5, 0.6) is 0 Å². The van der Waals surface area contributed by atoms with Gasteiger partial charge in [0.15, 0.2) is 0 Å². The Morgan fingerprint density at radius 2 is 2.18 bits per heavy atom. The molecule has 22 heavy (non-hydrogen) atoms. The van der Waals surface area contributed by atoms with Crippen LogP contribution in [-0.2, 0) is 14.3 Å². The van der Waals surface area contributed by atoms with Gasteiger partial charge < -0.3 is 9.64 Å². The predicted molar refractivity (Wildman–Crippen MR) is 80.5 cm³/mol. The van der Waals surface area contributed by atoms with Gasteiger partial charge in [0, 0.05) is 32.8 Å². The molecular formula is C13H19N5O3S. The van der Waals surface area contributed by atoms with Crippen LogP contribution in [0.25, 0.3) is 0 Å². The summed E-state index contributed by atoms with van der Waals surface area (Å²) in [6.45, 7) is 3.67. The van der Waals surface area contributed by atoms with E-state index in [9.17, 15) is 9.59 Å². The number of anilines is 1. The third kappa shape index (κ3) is 3.79. The number of hydrogen-bond acceptors (Lipinski definition) is 7. The largest absolute Gasteiger partial charge is 0.368 e. The number of carbonyl (C=O) groups excluding carboxylic acids is 2. The van der Waals surface area contributed by atoms with Crippen molar-refractivity contribution in [3.63, 3.8) is 0 Å². The number of rotatable bonds is 4. The molecule has 1 aromatic rings. The fourth-order valence-electron chi connectivity index (χ4n) is 2.69. The van der Waals surface area contributed by atoms with Crippen LogP contribution in [0, 0.1) is 0 Å². The number of aromatic nitrogens is 2. The Kier molecular flexibility index (Phi) is 4.96. The summed E-state index contributed by atoms with van der Waals surface area (Å²) in [6.07, 6.45) is 1.53. The fourth-order valence-corrected chi connectivity index (χ4v) is 3.15. The molecule has 0 spiro atoms. The van der Waals surface area contributed by atoms with Crippen molar-refractivity contribution in [2.45, 2.75) is 18.9 Å². The Morgan fingerprint density at radius 3 is 2.82 bits per heavy atom. The van der Waals surface area contributed by atoms with Crippen molar-refractivity contribution in [1.82, 2.24) is 20.0 Å². The van der Waals surface area contributed by atoms with Gasteiger partial charge in [0.1, 0.15) is 11.6 Å². The molecule has 3 heterocycles. The molecule has 9 heteroatoms. The molecule has 0 saturated carbocycles. The number of carbonyl (C=O) groups is 2. The van der Waals surface area contributed by atoms with Gasteiger partial charge in [0.25, 0.3) is 5.91 Å². The van der Waals surface area contributed by atoms with E-state index in [1.807, 2.05) is 9.80 Å². The van der Waals surface area contributed by atoms with Crippen LogP contribution in [0.3, 0.4) is 0 Å². The van der Waals surface area contributed by atoms with Gasteiger partial charge in [-0.1, -0.05) is 11.3 Å². The van der Waals surface area contributed by atoms with Gasteiger partial charge in [0.05, 0.1) is 6.54 Å². The molecule has 2 aliphatic rings. The third-order valence-electron chi connectivity index (χ3n) is 3.86. The van der Waals surface area contributed by atoms with Crippen molar-refractivity contribution < 1.29 is 14.3 Å². The standard InChI is InChI=1S/C13H19N5O3S/c19-11(15-13-16-14-9-22-13)8-17-3-5-18(6-4-17)12(20)10-2-1-7-21-10/h9-10H,1-8H2,(H,15,16,19)/t10-/m1/s1. The Hall–Kier alpha value is -1.58. The molecule has 2 aliphatic heterocycles. The summed E-state index contributed by atoms with van der Waals surface area (Å²) in [4.78, 5) is 28.0. The van der Waals surface area contributed by atoms with Crippen molar-refractivity contribution in [2.75, 3.05) is 44.6 Å². The normalized spacial score (nSPS) is 22.7. The lowest BCUT2D eigenvalue weighted by Gasteiger charge is -2.35. The van der Waals surface area contributed by atoms with Crippen LogP contribution in [0.4, 0.5) is 5.13 Å². The minimum atomic E-state index is -0.257. The van der Waals surface area contributed by atoms with Crippen molar-refractivity contribution in [2.24, 2.45) is 0 Å². The highest BCUT2D eigenvalue weighted by molar-refractivity contribution is 7.13. The van der Waals surface area contributed by atoms with Gasteiger partial charge in [-0.25, -0.2) is 0 Å². The molecule has 0 bridgehead atoms. The summed E-state index contributed by atoms with van der Waals surface area (Å²) >= 11 is 1.29. The molecule has 0 unspecified atom stereocenters. The maximum Gasteiger partial charge on any atom is 0.251 e. The molecule has 8 nitrogen and oxygen atoms in total. The second-order valence-corrected chi connectivity index (χ2v) is 6.23. The average molecular weight is 325 g/mol. The zero-order chi connectivity index (χ0) is 15.4. The van der Waals surface area contributed by atoms with Gasteiger partial charge in [-0.15, -0.1) is 10.2 Å². The lowest BCUT2D eigenvalue weighted by Crippen LogP contribution is -2.52. The molecule has 0 aromatic carbocycles. The molecule has 1 atom stereocenters. The second-order valence-electron chi connectivity index (χ2n) is 5.40. The zero-order valence-corrected chi connectivity index (χ0v) is 13.0. The molecule has 2 amide bonds. The number of amides is 2. The zero-order valence-electron chi connectivity index (χ0n) is 12.2. The van der Waals surface area contributed by atoms with E-state index in [2.05, 4.69) is 15.5 Å². The van der Waals surface area contributed by atoms with E-state index in [4.69, 9.17) is 4.74 Å². The Bertz CT molecular complexity index is 510. The van der Waals surface area contributed by atoms with Crippen LogP contribution in [-0.4, -0.2) is 77.2 Å². The SMILES string of the molecule is O=C(CN1CCN(C(=O)[C@H]2CCCO2)CC1)Nc1nncs1. The number of nitrogens with one attached hydrogen (secondary N) is 1. The smallest absolute Gasteiger partial charge is 0.251 e. The van der Waals surface area contributed by atoms with E-state index in [1.54, 1.807) is 5.51 Å². The second kappa shape index (κ2) is 7.12. The van der Waals surface area contributed by atoms with E-state index in [0.29, 0.717) is 44.5 Å². The van der Waals surface area contributed by atoms with Crippen molar-refractivity contribution in [3.05, 3.63) is 5.51 Å². The van der Waals surface area contributed by atoms with E-state index >= 15 is 0 Å². The number of hydrogen-bond donors (Lipinski definition) is 1. The van der Waals surface area contributed by atoms with Crippen molar-refractivity contribution >= 4 is 28.3 Å². The van der Waals surface area contributed by atoms with Crippen LogP contribution in [0.1, 0.15) is 12.8 Å². The molecule has 0 radical (unpaired) electrons. The van der Waals surface area contributed by atoms with E-state index in [-0.39, 0.29) is 17.9 Å². The highest BCUT2D eigenvalue weighted by Gasteiger charge is 2.30. The first-order valence-corrected chi connectivity index (χ1v) is 8.29. The first-order valence-electron chi connectivity index (χ1n) is 7.41. The maximum absolute atomic E-state index is 12.2. The number of piperazine rings is 1. The Balaban J connectivity index is 1.41. The summed E-state index contributed by atoms with van der Waals surface area (Å²) in [5.74, 6) is -0.00823. The highest BCUT2D eigenvalue weighted by atomic mass is 32.1. The Labute approximate surface area is 132 Å². The topological polar surface area (TPSA) is 87.7 Å². The monoisotopic (exact) mass is 325 g/mol. The summed E-state index contributed by atoms with van der Waals surface area (Å²) < 4.78 is 5.44. The molecular weight excluding hydrogens is 306 g/mol. The van der Waals surface area contributed by atoms with Gasteiger partial charge >= 0.3 is 0 Å². The number of nitrogens with zero attached hydrogens (tertiary/aromatic N) is 4. The quantitative estimate of drug-likeness (QED) is 0.825. The Morgan fingerprint density at radius 1 is 1.36 bits per heavy atom. The molecule has 3 rings (SSSR count). The van der Waals surface area contributed by atoms with E-state index < -0.39 is 0 Å². The minimum absolute atomic E-state index is 0.0930. The highest BCUT2D eigenvalue weighted by Crippen LogP contribution is 2.16. The van der Waals surface area contributed by atoms with Crippen LogP contribution in [0.15, 0.2) is 5.51 Å². The average Bonchev–Trinajstić information content (AvgIpc) is 3.20. The number of ether oxygens (including phenoxy) is 1. The van der Waals surface area contributed by atoms with Crippen LogP contribution in [0.2, 0.25) is 0 Å². The molecule has 0 aliphatic carbocycles. The summed E-state index contributed by atoms with van der Waals surface area (Å²) in [6, 6.07) is 0. The maximum atomic E-state index is 12.2. The van der Waals surface area contributed by atoms with Crippen LogP contribution < -0.4 is 5.32 Å². The van der Waals surface area contributed by atoms with Gasteiger partial charge in [-0.05, 0) is 12.8 Å². The molecule has 2 saturated heterocycles. The third-order valence-corrected chi connectivity index (χ3v) is 4.47. The summed E-state index contributed by atoms with van der Waals surface area (Å²) in [5, 5.41) is 10.7. The lowest BCUT2D eigenvalue weighted by atomic mass is 10.2. The summed E-state index contributed by atoms with van der Waals surface area (Å²) in [5.41, 5.74) is 1.57. The van der Waals surface area contributed by atoms with Crippen molar-refractivity contribution in [1.29, 1.82) is 0 Å². The van der Waals surface area contributed by atoms with Gasteiger partial charge in [0.2, 0.25) is 11.0 Å². The van der Waals surface area contributed by atoms with E-state index in [0.717, 1.165) is 12.8 Å². The molecule has 120 valence electrons. The van der Waals surface area contributed by atoms with Crippen molar-refractivity contribution in [3.8, 4) is 0 Å². The molecule has 2 fully saturated rings. The molecule has 1 aromatic heterocycles. The lowest BCUT2D eigenvalue weighted by molar-refractivity contribution is -0.142. The van der Waals surface area contributed by atoms with Crippen LogP contribution >= 0.6 is 11.3 Å². The predicted octanol–water partition coefficient (Wildman–Crippen LogP) is -0.200. The van der Waals surface area contributed by atoms with Gasteiger partial charge in [-0.2, -0.15) is 0 Å². The first-order chi connectivity index (χ1) is 10.7. The fraction of sp³-hybridized carbons (Fsp3) is 0.692. The first kappa shape index (κ1) is 15.3. The molecule has 1 N–H and O–H groups in total. The minimum Gasteiger partial charge on any atom is -0.368 e. The van der Waals surface area contributed by atoms with Gasteiger partial charge in [-0.3, -0.25) is 19.8 Å². The summed E-state index contributed by atoms with van der Waals surface area (Å²) in [7, 11) is 0. The van der Waals surface area contributed by atoms with E-state index in [1.165, 1.54) is 11.3 Å².